The number of rotatable bonds is 15. The molecule has 0 saturated heterocycles. The zero-order valence-electron chi connectivity index (χ0n) is 18.9. The fourth-order valence-corrected chi connectivity index (χ4v) is 6.93. The van der Waals surface area contributed by atoms with E-state index < -0.39 is 77.0 Å². The monoisotopic (exact) mass is 528 g/mol. The fraction of sp³-hybridized carbons (Fsp3) is 1.00. The van der Waals surface area contributed by atoms with Gasteiger partial charge in [0.1, 0.15) is 0 Å². The Kier molecular flexibility index (Phi) is 11.9. The van der Waals surface area contributed by atoms with Gasteiger partial charge in [-0.2, -0.15) is 0 Å². The molecule has 1 saturated carbocycles. The van der Waals surface area contributed by atoms with Gasteiger partial charge in [-0.05, 0) is 0 Å². The van der Waals surface area contributed by atoms with Gasteiger partial charge < -0.3 is 0 Å². The maximum absolute atomic E-state index is 11.8. The van der Waals surface area contributed by atoms with Crippen molar-refractivity contribution in [3.63, 3.8) is 0 Å². The number of hydrogen-bond donors (Lipinski definition) is 11. The molecule has 0 aromatic carbocycles. The van der Waals surface area contributed by atoms with Gasteiger partial charge in [0.15, 0.2) is 0 Å². The summed E-state index contributed by atoms with van der Waals surface area (Å²) in [6.45, 7) is -3.20. The second kappa shape index (κ2) is 12.5. The molecule has 33 heavy (non-hydrogen) atoms. The summed E-state index contributed by atoms with van der Waals surface area (Å²) in [6, 6.07) is 0. The quantitative estimate of drug-likeness (QED) is 0.0776. The molecule has 13 nitrogen and oxygen atoms in total. The molecule has 0 aromatic rings. The first-order chi connectivity index (χ1) is 15.2. The van der Waals surface area contributed by atoms with Crippen molar-refractivity contribution in [2.45, 2.75) is 68.2 Å². The fourth-order valence-electron chi connectivity index (χ4n) is 4.62. The van der Waals surface area contributed by atoms with E-state index in [1.807, 2.05) is 6.92 Å². The van der Waals surface area contributed by atoms with E-state index >= 15 is 0 Å². The van der Waals surface area contributed by atoms with Crippen LogP contribution in [-0.2, 0) is 9.47 Å². The third kappa shape index (κ3) is 6.56. The molecule has 0 aromatic heterocycles. The van der Waals surface area contributed by atoms with Crippen LogP contribution in [0.2, 0.25) is 0 Å². The number of ether oxygens (including phenoxy) is 2. The first-order valence-corrected chi connectivity index (χ1v) is 14.8. The summed E-state index contributed by atoms with van der Waals surface area (Å²) in [6.07, 6.45) is 1.43. The predicted octanol–water partition coefficient (Wildman–Crippen LogP) is -2.54. The Morgan fingerprint density at radius 2 is 1.52 bits per heavy atom. The van der Waals surface area contributed by atoms with Gasteiger partial charge in [-0.15, -0.1) is 0 Å². The Labute approximate surface area is 194 Å². The molecule has 1 aliphatic carbocycles. The molecule has 1 rings (SSSR count). The molecule has 0 heterocycles. The summed E-state index contributed by atoms with van der Waals surface area (Å²) < 4.78 is 11.1. The first kappa shape index (κ1) is 31.4. The molecule has 4 atom stereocenters. The Balaban J connectivity index is 3.70. The van der Waals surface area contributed by atoms with Gasteiger partial charge in [-0.25, -0.2) is 0 Å². The van der Waals surface area contributed by atoms with Crippen molar-refractivity contribution in [2.24, 2.45) is 5.41 Å². The van der Waals surface area contributed by atoms with Crippen LogP contribution in [0.1, 0.15) is 45.4 Å². The van der Waals surface area contributed by atoms with E-state index in [2.05, 4.69) is 0 Å². The van der Waals surface area contributed by atoms with Crippen molar-refractivity contribution in [1.82, 2.24) is 0 Å². The van der Waals surface area contributed by atoms with Gasteiger partial charge in [-0.1, -0.05) is 0 Å². The van der Waals surface area contributed by atoms with Gasteiger partial charge in [0.05, 0.1) is 0 Å². The van der Waals surface area contributed by atoms with Gasteiger partial charge in [0, 0.05) is 0 Å². The summed E-state index contributed by atoms with van der Waals surface area (Å²) in [7, 11) is -10.4. The molecule has 11 N–H and O–H groups in total. The van der Waals surface area contributed by atoms with Gasteiger partial charge in [-0.3, -0.25) is 0 Å². The standard InChI is InChI=1S/C18H42O13P2/c1-2-3-8-30-9-15(33(27,28)29)31-18(13-22,16(10-19,11-20)12-21)17(23)7-5-4-6-14(17)32(24,25)26/h14-15,19-29,32-33H,2-13H2,1H3. The molecule has 0 amide bonds. The van der Waals surface area contributed by atoms with Crippen LogP contribution in [0.15, 0.2) is 0 Å². The minimum atomic E-state index is -5.24. The van der Waals surface area contributed by atoms with E-state index in [1.54, 1.807) is 0 Å². The van der Waals surface area contributed by atoms with Gasteiger partial charge in [0.2, 0.25) is 0 Å². The Bertz CT molecular complexity index is 572. The van der Waals surface area contributed by atoms with E-state index in [1.165, 1.54) is 0 Å². The molecule has 202 valence electrons. The third-order valence-corrected chi connectivity index (χ3v) is 9.57. The zero-order valence-corrected chi connectivity index (χ0v) is 20.9. The molecule has 0 spiro atoms. The molecule has 0 bridgehead atoms. The van der Waals surface area contributed by atoms with Crippen LogP contribution in [0.5, 0.6) is 0 Å². The van der Waals surface area contributed by atoms with Gasteiger partial charge in [0.25, 0.3) is 0 Å². The van der Waals surface area contributed by atoms with Crippen molar-refractivity contribution in [2.75, 3.05) is 39.6 Å². The van der Waals surface area contributed by atoms with Crippen LogP contribution in [0, 0.1) is 5.41 Å². The Morgan fingerprint density at radius 3 is 1.94 bits per heavy atom. The topological polar surface area (TPSA) is 241 Å². The average molecular weight is 528 g/mol. The summed E-state index contributed by atoms with van der Waals surface area (Å²) in [5.41, 5.74) is -9.27. The van der Waals surface area contributed by atoms with Crippen LogP contribution >= 0.6 is 15.9 Å². The van der Waals surface area contributed by atoms with Crippen LogP contribution in [0.4, 0.5) is 0 Å². The molecular weight excluding hydrogens is 486 g/mol. The number of aliphatic hydroxyl groups excluding tert-OH is 4. The van der Waals surface area contributed by atoms with E-state index in [0.29, 0.717) is 12.8 Å². The summed E-state index contributed by atoms with van der Waals surface area (Å²) >= 11 is 0. The molecular formula is C18H42O13P2. The summed E-state index contributed by atoms with van der Waals surface area (Å²) in [4.78, 5) is 60.5. The van der Waals surface area contributed by atoms with E-state index in [0.717, 1.165) is 6.42 Å². The SMILES string of the molecule is CCCCOCC(OC(CO)(C(CO)(CO)CO)C1(O)CCCCC1[PH](O)(O)O)[PH](O)(O)O. The van der Waals surface area contributed by atoms with Crippen molar-refractivity contribution in [1.29, 1.82) is 0 Å². The van der Waals surface area contributed by atoms with Crippen molar-refractivity contribution in [3.8, 4) is 0 Å². The molecule has 0 aliphatic heterocycles. The molecule has 4 unspecified atom stereocenters. The predicted molar refractivity (Wildman–Crippen MR) is 121 cm³/mol. The average Bonchev–Trinajstić information content (AvgIpc) is 2.74. The van der Waals surface area contributed by atoms with Crippen LogP contribution in [0.25, 0.3) is 0 Å². The van der Waals surface area contributed by atoms with Crippen molar-refractivity contribution in [3.05, 3.63) is 0 Å². The zero-order chi connectivity index (χ0) is 25.6. The van der Waals surface area contributed by atoms with Crippen molar-refractivity contribution < 1.29 is 64.4 Å². The first-order valence-electron chi connectivity index (χ1n) is 11.0. The van der Waals surface area contributed by atoms with Crippen LogP contribution in [0.3, 0.4) is 0 Å². The number of hydrogen-bond acceptors (Lipinski definition) is 13. The normalized spacial score (nSPS) is 26.6. The summed E-state index contributed by atoms with van der Waals surface area (Å²) in [5, 5.41) is 52.7. The van der Waals surface area contributed by atoms with E-state index in [-0.39, 0.29) is 25.9 Å². The number of unbranched alkanes of at least 4 members (excludes halogenated alkanes) is 1. The van der Waals surface area contributed by atoms with E-state index in [9.17, 15) is 54.9 Å². The molecule has 15 heteroatoms. The second-order valence-electron chi connectivity index (χ2n) is 8.87. The van der Waals surface area contributed by atoms with Crippen LogP contribution in [-0.4, -0.2) is 117 Å². The van der Waals surface area contributed by atoms with Gasteiger partial charge >= 0.3 is 193 Å². The summed E-state index contributed by atoms with van der Waals surface area (Å²) in [5.74, 6) is -1.98. The van der Waals surface area contributed by atoms with Crippen LogP contribution < -0.4 is 0 Å². The molecule has 0 radical (unpaired) electrons. The maximum atomic E-state index is 11.8. The van der Waals surface area contributed by atoms with E-state index in [4.69, 9.17) is 9.47 Å². The van der Waals surface area contributed by atoms with Crippen molar-refractivity contribution >= 4 is 15.9 Å². The minimum absolute atomic E-state index is 0.144. The molecule has 1 aliphatic rings. The molecule has 1 fully saturated rings. The second-order valence-corrected chi connectivity index (χ2v) is 13.0. The Hall–Kier alpha value is 0.340. The Morgan fingerprint density at radius 1 is 0.939 bits per heavy atom. The third-order valence-electron chi connectivity index (χ3n) is 6.72. The number of aliphatic hydroxyl groups is 5.